The van der Waals surface area contributed by atoms with Crippen molar-refractivity contribution >= 4 is 17.7 Å². The molecule has 0 fully saturated rings. The topological polar surface area (TPSA) is 94.0 Å². The second-order valence-corrected chi connectivity index (χ2v) is 4.49. The zero-order chi connectivity index (χ0) is 11.4. The van der Waals surface area contributed by atoms with Crippen molar-refractivity contribution in [2.45, 2.75) is 25.4 Å². The normalized spacial score (nSPS) is 10.9. The van der Waals surface area contributed by atoms with Crippen LogP contribution < -0.4 is 5.84 Å². The van der Waals surface area contributed by atoms with Crippen LogP contribution in [-0.4, -0.2) is 31.7 Å². The summed E-state index contributed by atoms with van der Waals surface area (Å²) in [6.07, 6.45) is 0.733. The van der Waals surface area contributed by atoms with Gasteiger partial charge in [-0.1, -0.05) is 25.6 Å². The van der Waals surface area contributed by atoms with Crippen LogP contribution in [0, 0.1) is 5.92 Å². The van der Waals surface area contributed by atoms with Gasteiger partial charge in [-0.2, -0.15) is 0 Å². The van der Waals surface area contributed by atoms with Gasteiger partial charge in [0.25, 0.3) is 0 Å². The van der Waals surface area contributed by atoms with Crippen LogP contribution in [-0.2, 0) is 11.2 Å². The molecule has 0 saturated carbocycles. The van der Waals surface area contributed by atoms with E-state index in [0.717, 1.165) is 18.2 Å². The van der Waals surface area contributed by atoms with Crippen LogP contribution in [0.1, 0.15) is 19.7 Å². The summed E-state index contributed by atoms with van der Waals surface area (Å²) in [5.41, 5.74) is 0. The Morgan fingerprint density at radius 1 is 1.60 bits per heavy atom. The van der Waals surface area contributed by atoms with E-state index in [1.165, 1.54) is 4.68 Å². The summed E-state index contributed by atoms with van der Waals surface area (Å²) in [4.78, 5) is 10.3. The van der Waals surface area contributed by atoms with Gasteiger partial charge in [-0.15, -0.1) is 10.2 Å². The fourth-order valence-electron chi connectivity index (χ4n) is 1.04. The third kappa shape index (κ3) is 3.43. The largest absolute Gasteiger partial charge is 0.481 e. The third-order valence-electron chi connectivity index (χ3n) is 1.65. The van der Waals surface area contributed by atoms with Crippen LogP contribution in [0.2, 0.25) is 0 Å². The number of hydrogen-bond acceptors (Lipinski definition) is 5. The molecule has 15 heavy (non-hydrogen) atoms. The van der Waals surface area contributed by atoms with E-state index in [2.05, 4.69) is 24.0 Å². The minimum Gasteiger partial charge on any atom is -0.481 e. The number of nitrogen functional groups attached to an aromatic ring is 1. The second kappa shape index (κ2) is 5.01. The number of aromatic nitrogens is 3. The van der Waals surface area contributed by atoms with Crippen molar-refractivity contribution in [2.75, 3.05) is 11.6 Å². The molecule has 0 aromatic carbocycles. The van der Waals surface area contributed by atoms with E-state index in [4.69, 9.17) is 10.9 Å². The predicted octanol–water partition coefficient (Wildman–Crippen LogP) is 0.367. The van der Waals surface area contributed by atoms with Crippen molar-refractivity contribution in [3.8, 4) is 0 Å². The van der Waals surface area contributed by atoms with Crippen molar-refractivity contribution in [3.63, 3.8) is 0 Å². The molecule has 6 nitrogen and oxygen atoms in total. The number of carboxylic acid groups (broad SMARTS) is 1. The molecule has 1 rings (SSSR count). The molecule has 0 radical (unpaired) electrons. The fourth-order valence-corrected chi connectivity index (χ4v) is 1.63. The van der Waals surface area contributed by atoms with E-state index in [1.54, 1.807) is 0 Å². The summed E-state index contributed by atoms with van der Waals surface area (Å²) in [6, 6.07) is 0. The van der Waals surface area contributed by atoms with Gasteiger partial charge >= 0.3 is 5.97 Å². The van der Waals surface area contributed by atoms with Crippen LogP contribution in [0.4, 0.5) is 0 Å². The van der Waals surface area contributed by atoms with Crippen molar-refractivity contribution < 1.29 is 9.90 Å². The van der Waals surface area contributed by atoms with E-state index in [0.29, 0.717) is 16.9 Å². The summed E-state index contributed by atoms with van der Waals surface area (Å²) in [6.45, 7) is 4.11. The lowest BCUT2D eigenvalue weighted by molar-refractivity contribution is -0.133. The summed E-state index contributed by atoms with van der Waals surface area (Å²) < 4.78 is 1.35. The molecular weight excluding hydrogens is 216 g/mol. The highest BCUT2D eigenvalue weighted by Gasteiger charge is 2.12. The van der Waals surface area contributed by atoms with Gasteiger partial charge in [-0.25, -0.2) is 4.68 Å². The van der Waals surface area contributed by atoms with Gasteiger partial charge < -0.3 is 10.9 Å². The van der Waals surface area contributed by atoms with Crippen LogP contribution in [0.15, 0.2) is 5.16 Å². The van der Waals surface area contributed by atoms with Gasteiger partial charge in [-0.05, 0) is 5.92 Å². The van der Waals surface area contributed by atoms with E-state index in [9.17, 15) is 4.79 Å². The number of carbonyl (C=O) groups is 1. The Kier molecular flexibility index (Phi) is 3.96. The summed E-state index contributed by atoms with van der Waals surface area (Å²) in [5, 5.41) is 16.7. The SMILES string of the molecule is CC(C)Cc1nnc(SCC(=O)O)n1N. The van der Waals surface area contributed by atoms with Gasteiger partial charge in [0.1, 0.15) is 0 Å². The summed E-state index contributed by atoms with van der Waals surface area (Å²) >= 11 is 1.07. The molecule has 1 aromatic heterocycles. The Morgan fingerprint density at radius 2 is 2.27 bits per heavy atom. The minimum atomic E-state index is -0.895. The Morgan fingerprint density at radius 3 is 2.80 bits per heavy atom. The molecule has 0 aliphatic rings. The first-order valence-corrected chi connectivity index (χ1v) is 5.53. The maximum absolute atomic E-state index is 10.3. The highest BCUT2D eigenvalue weighted by atomic mass is 32.2. The highest BCUT2D eigenvalue weighted by Crippen LogP contribution is 2.15. The number of nitrogens with zero attached hydrogens (tertiary/aromatic N) is 3. The van der Waals surface area contributed by atoms with E-state index in [1.807, 2.05) is 0 Å². The second-order valence-electron chi connectivity index (χ2n) is 3.55. The first-order chi connectivity index (χ1) is 7.00. The van der Waals surface area contributed by atoms with E-state index in [-0.39, 0.29) is 5.75 Å². The van der Waals surface area contributed by atoms with Crippen LogP contribution in [0.25, 0.3) is 0 Å². The number of nitrogens with two attached hydrogens (primary N) is 1. The first-order valence-electron chi connectivity index (χ1n) is 4.54. The van der Waals surface area contributed by atoms with Gasteiger partial charge in [-0.3, -0.25) is 4.79 Å². The smallest absolute Gasteiger partial charge is 0.313 e. The molecule has 0 spiro atoms. The average Bonchev–Trinajstić information content (AvgIpc) is 2.44. The van der Waals surface area contributed by atoms with E-state index < -0.39 is 5.97 Å². The lowest BCUT2D eigenvalue weighted by Gasteiger charge is -2.04. The molecular formula is C8H14N4O2S. The first kappa shape index (κ1) is 11.8. The molecule has 1 aromatic rings. The number of rotatable bonds is 5. The maximum atomic E-state index is 10.3. The Hall–Kier alpha value is -1.24. The zero-order valence-corrected chi connectivity index (χ0v) is 9.49. The standard InChI is InChI=1S/C8H14N4O2S/c1-5(2)3-6-10-11-8(12(6)9)15-4-7(13)14/h5H,3-4,9H2,1-2H3,(H,13,14). The lowest BCUT2D eigenvalue weighted by Crippen LogP contribution is -2.16. The molecule has 0 aliphatic carbocycles. The fraction of sp³-hybridized carbons (Fsp3) is 0.625. The molecule has 0 amide bonds. The highest BCUT2D eigenvalue weighted by molar-refractivity contribution is 7.99. The Bertz CT molecular complexity index is 350. The molecule has 0 aliphatic heterocycles. The summed E-state index contributed by atoms with van der Waals surface area (Å²) in [7, 11) is 0. The van der Waals surface area contributed by atoms with Gasteiger partial charge in [0, 0.05) is 6.42 Å². The molecule has 1 heterocycles. The molecule has 84 valence electrons. The Labute approximate surface area is 91.8 Å². The monoisotopic (exact) mass is 230 g/mol. The van der Waals surface area contributed by atoms with Crippen molar-refractivity contribution in [2.24, 2.45) is 5.92 Å². The average molecular weight is 230 g/mol. The zero-order valence-electron chi connectivity index (χ0n) is 8.67. The van der Waals surface area contributed by atoms with Gasteiger partial charge in [0.05, 0.1) is 5.75 Å². The Balaban J connectivity index is 2.66. The van der Waals surface area contributed by atoms with Crippen molar-refractivity contribution in [1.29, 1.82) is 0 Å². The molecule has 0 unspecified atom stereocenters. The van der Waals surface area contributed by atoms with Crippen LogP contribution >= 0.6 is 11.8 Å². The van der Waals surface area contributed by atoms with Crippen molar-refractivity contribution in [1.82, 2.24) is 14.9 Å². The molecule has 0 atom stereocenters. The number of hydrogen-bond donors (Lipinski definition) is 2. The molecule has 0 bridgehead atoms. The molecule has 7 heteroatoms. The number of thioether (sulfide) groups is 1. The molecule has 3 N–H and O–H groups in total. The van der Waals surface area contributed by atoms with Gasteiger partial charge in [0.15, 0.2) is 5.82 Å². The quantitative estimate of drug-likeness (QED) is 0.560. The summed E-state index contributed by atoms with van der Waals surface area (Å²) in [5.74, 6) is 5.88. The third-order valence-corrected chi connectivity index (χ3v) is 2.58. The number of aliphatic carboxylic acids is 1. The van der Waals surface area contributed by atoms with Crippen LogP contribution in [0.5, 0.6) is 0 Å². The minimum absolute atomic E-state index is 0.0585. The van der Waals surface area contributed by atoms with Gasteiger partial charge in [0.2, 0.25) is 5.16 Å². The molecule has 0 saturated heterocycles. The van der Waals surface area contributed by atoms with Crippen molar-refractivity contribution in [3.05, 3.63) is 5.82 Å². The number of carboxylic acids is 1. The predicted molar refractivity (Wildman–Crippen MR) is 57.1 cm³/mol. The van der Waals surface area contributed by atoms with Crippen LogP contribution in [0.3, 0.4) is 0 Å². The van der Waals surface area contributed by atoms with E-state index >= 15 is 0 Å². The maximum Gasteiger partial charge on any atom is 0.313 e. The lowest BCUT2D eigenvalue weighted by atomic mass is 10.1.